The molecule has 2 N–H and O–H groups in total. The molecule has 9 heteroatoms. The summed E-state index contributed by atoms with van der Waals surface area (Å²) in [6, 6.07) is 0. The quantitative estimate of drug-likeness (QED) is 0.283. The summed E-state index contributed by atoms with van der Waals surface area (Å²) < 4.78 is 34.7. The first-order valence-electron chi connectivity index (χ1n) is 4.63. The van der Waals surface area contributed by atoms with Crippen LogP contribution < -0.4 is 0 Å². The molecule has 0 saturated heterocycles. The largest absolute Gasteiger partial charge is 0.481 e. The number of carbonyl (C=O) groups excluding carboxylic acids is 1. The topological polar surface area (TPSA) is 118 Å². The Morgan fingerprint density at radius 2 is 1.88 bits per heavy atom. The Bertz CT molecular complexity index is 351. The molecule has 0 aliphatic rings. The van der Waals surface area contributed by atoms with E-state index in [-0.39, 0.29) is 36.2 Å². The SMILES string of the molecule is CCCCOC(=O)C(CC(=O)O)S(=O)(=O)O.[Na]. The van der Waals surface area contributed by atoms with Gasteiger partial charge in [0.25, 0.3) is 10.1 Å². The van der Waals surface area contributed by atoms with Gasteiger partial charge in [0, 0.05) is 29.6 Å². The van der Waals surface area contributed by atoms with Crippen LogP contribution in [0.1, 0.15) is 26.2 Å². The molecule has 0 aliphatic heterocycles. The van der Waals surface area contributed by atoms with E-state index >= 15 is 0 Å². The minimum Gasteiger partial charge on any atom is -0.481 e. The molecule has 0 aromatic rings. The van der Waals surface area contributed by atoms with Crippen molar-refractivity contribution in [1.82, 2.24) is 0 Å². The number of unbranched alkanes of at least 4 members (excludes halogenated alkanes) is 1. The molecule has 1 atom stereocenters. The maximum absolute atomic E-state index is 11.2. The summed E-state index contributed by atoms with van der Waals surface area (Å²) in [5, 5.41) is 6.33. The third-order valence-electron chi connectivity index (χ3n) is 1.72. The van der Waals surface area contributed by atoms with E-state index in [9.17, 15) is 18.0 Å². The van der Waals surface area contributed by atoms with Crippen LogP contribution >= 0.6 is 0 Å². The molecule has 95 valence electrons. The van der Waals surface area contributed by atoms with Crippen LogP contribution in [0.4, 0.5) is 0 Å². The van der Waals surface area contributed by atoms with E-state index in [1.807, 2.05) is 6.92 Å². The van der Waals surface area contributed by atoms with Gasteiger partial charge in [0.2, 0.25) is 0 Å². The van der Waals surface area contributed by atoms with Gasteiger partial charge in [0.15, 0.2) is 5.25 Å². The monoisotopic (exact) mass is 277 g/mol. The molecule has 7 nitrogen and oxygen atoms in total. The van der Waals surface area contributed by atoms with Crippen molar-refractivity contribution in [3.8, 4) is 0 Å². The van der Waals surface area contributed by atoms with E-state index in [1.165, 1.54) is 0 Å². The minimum absolute atomic E-state index is 0. The first-order chi connectivity index (χ1) is 7.29. The van der Waals surface area contributed by atoms with Crippen LogP contribution in [0, 0.1) is 0 Å². The van der Waals surface area contributed by atoms with Crippen LogP contribution in [0.2, 0.25) is 0 Å². The Morgan fingerprint density at radius 1 is 1.35 bits per heavy atom. The number of carboxylic acid groups (broad SMARTS) is 1. The molecule has 0 bridgehead atoms. The Morgan fingerprint density at radius 3 is 2.24 bits per heavy atom. The van der Waals surface area contributed by atoms with E-state index < -0.39 is 33.7 Å². The standard InChI is InChI=1S/C8H14O7S.Na/c1-2-3-4-15-8(11)6(5-7(9)10)16(12,13)14;/h6H,2-5H2,1H3,(H,9,10)(H,12,13,14);. The predicted octanol–water partition coefficient (Wildman–Crippen LogP) is -0.320. The molecule has 0 rings (SSSR count). The Hall–Kier alpha value is -0.150. The second-order valence-corrected chi connectivity index (χ2v) is 4.72. The third kappa shape index (κ3) is 8.56. The fourth-order valence-corrected chi connectivity index (χ4v) is 1.54. The molecule has 1 radical (unpaired) electrons. The number of hydrogen-bond donors (Lipinski definition) is 2. The van der Waals surface area contributed by atoms with Crippen molar-refractivity contribution in [2.24, 2.45) is 0 Å². The van der Waals surface area contributed by atoms with Crippen LogP contribution in [-0.4, -0.2) is 71.4 Å². The number of rotatable bonds is 7. The van der Waals surface area contributed by atoms with Gasteiger partial charge in [-0.25, -0.2) is 0 Å². The van der Waals surface area contributed by atoms with Crippen molar-refractivity contribution in [2.75, 3.05) is 6.61 Å². The maximum atomic E-state index is 11.2. The molecular formula is C8H14NaO7S. The van der Waals surface area contributed by atoms with Gasteiger partial charge >= 0.3 is 11.9 Å². The first-order valence-corrected chi connectivity index (χ1v) is 6.14. The average Bonchev–Trinajstić information content (AvgIpc) is 2.12. The van der Waals surface area contributed by atoms with Gasteiger partial charge in [0.1, 0.15) is 0 Å². The zero-order valence-corrected chi connectivity index (χ0v) is 12.6. The zero-order valence-electron chi connectivity index (χ0n) is 9.75. The van der Waals surface area contributed by atoms with E-state index in [1.54, 1.807) is 0 Å². The average molecular weight is 277 g/mol. The number of aliphatic carboxylic acids is 1. The van der Waals surface area contributed by atoms with Gasteiger partial charge in [-0.3, -0.25) is 14.1 Å². The minimum atomic E-state index is -4.75. The van der Waals surface area contributed by atoms with Crippen LogP contribution in [0.3, 0.4) is 0 Å². The fraction of sp³-hybridized carbons (Fsp3) is 0.750. The number of hydrogen-bond acceptors (Lipinski definition) is 5. The van der Waals surface area contributed by atoms with Crippen LogP contribution in [0.5, 0.6) is 0 Å². The molecule has 0 fully saturated rings. The molecule has 1 unspecified atom stereocenters. The molecule has 0 aromatic heterocycles. The molecule has 0 aliphatic carbocycles. The van der Waals surface area contributed by atoms with Gasteiger partial charge in [-0.1, -0.05) is 13.3 Å². The summed E-state index contributed by atoms with van der Waals surface area (Å²) in [5.41, 5.74) is 0. The number of carbonyl (C=O) groups is 2. The summed E-state index contributed by atoms with van der Waals surface area (Å²) in [7, 11) is -4.75. The number of ether oxygens (including phenoxy) is 1. The van der Waals surface area contributed by atoms with Crippen molar-refractivity contribution in [3.05, 3.63) is 0 Å². The van der Waals surface area contributed by atoms with Crippen molar-refractivity contribution in [1.29, 1.82) is 0 Å². The number of esters is 1. The van der Waals surface area contributed by atoms with Crippen molar-refractivity contribution in [3.63, 3.8) is 0 Å². The molecule has 0 heterocycles. The third-order valence-corrected chi connectivity index (χ3v) is 2.80. The van der Waals surface area contributed by atoms with Crippen molar-refractivity contribution >= 4 is 51.6 Å². The van der Waals surface area contributed by atoms with Gasteiger partial charge in [-0.15, -0.1) is 0 Å². The van der Waals surface area contributed by atoms with Crippen LogP contribution in [0.15, 0.2) is 0 Å². The maximum Gasteiger partial charge on any atom is 0.327 e. The van der Waals surface area contributed by atoms with Gasteiger partial charge in [-0.05, 0) is 6.42 Å². The van der Waals surface area contributed by atoms with Gasteiger partial charge in [-0.2, -0.15) is 8.42 Å². The van der Waals surface area contributed by atoms with Gasteiger partial charge in [0.05, 0.1) is 13.0 Å². The summed E-state index contributed by atoms with van der Waals surface area (Å²) >= 11 is 0. The zero-order chi connectivity index (χ0) is 12.8. The molecule has 0 amide bonds. The molecular weight excluding hydrogens is 263 g/mol. The van der Waals surface area contributed by atoms with Crippen molar-refractivity contribution < 1.29 is 32.4 Å². The molecule has 0 aromatic carbocycles. The van der Waals surface area contributed by atoms with Crippen molar-refractivity contribution in [2.45, 2.75) is 31.4 Å². The van der Waals surface area contributed by atoms with E-state index in [4.69, 9.17) is 9.66 Å². The van der Waals surface area contributed by atoms with E-state index in [2.05, 4.69) is 4.74 Å². The Labute approximate surface area is 122 Å². The molecule has 0 saturated carbocycles. The second kappa shape index (κ2) is 8.87. The van der Waals surface area contributed by atoms with E-state index in [0.29, 0.717) is 6.42 Å². The number of carboxylic acids is 1. The first kappa shape index (κ1) is 19.2. The Kier molecular flexibility index (Phi) is 10.0. The fourth-order valence-electron chi connectivity index (χ4n) is 0.879. The summed E-state index contributed by atoms with van der Waals surface area (Å²) in [4.78, 5) is 21.5. The smallest absolute Gasteiger partial charge is 0.327 e. The van der Waals surface area contributed by atoms with Gasteiger partial charge < -0.3 is 9.84 Å². The van der Waals surface area contributed by atoms with E-state index in [0.717, 1.165) is 6.42 Å². The second-order valence-electron chi connectivity index (χ2n) is 3.12. The molecule has 0 spiro atoms. The predicted molar refractivity (Wildman–Crippen MR) is 59.2 cm³/mol. The van der Waals surface area contributed by atoms with Crippen LogP contribution in [0.25, 0.3) is 0 Å². The Balaban J connectivity index is 0. The molecule has 17 heavy (non-hydrogen) atoms. The van der Waals surface area contributed by atoms with Crippen LogP contribution in [-0.2, 0) is 24.4 Å². The summed E-state index contributed by atoms with van der Waals surface area (Å²) in [6.45, 7) is 1.84. The summed E-state index contributed by atoms with van der Waals surface area (Å²) in [6.07, 6.45) is 0.267. The normalized spacial score (nSPS) is 12.4. The summed E-state index contributed by atoms with van der Waals surface area (Å²) in [5.74, 6) is -2.74.